The van der Waals surface area contributed by atoms with Gasteiger partial charge in [0.1, 0.15) is 6.73 Å². The normalized spacial score (nSPS) is 11.0. The number of para-hydroxylation sites is 1. The number of aromatic nitrogens is 2. The molecule has 0 amide bonds. The molecular formula is C15H14N2O2. The van der Waals surface area contributed by atoms with Crippen molar-refractivity contribution in [1.82, 2.24) is 4.57 Å². The molecule has 0 radical (unpaired) electrons. The fourth-order valence-corrected chi connectivity index (χ4v) is 2.33. The largest absolute Gasteiger partial charge is 0.618 e. The van der Waals surface area contributed by atoms with Crippen LogP contribution in [0.5, 0.6) is 0 Å². The van der Waals surface area contributed by atoms with Crippen molar-refractivity contribution in [2.75, 3.05) is 7.11 Å². The second kappa shape index (κ2) is 4.74. The predicted octanol–water partition coefficient (Wildman–Crippen LogP) is 2.55. The maximum atomic E-state index is 11.9. The van der Waals surface area contributed by atoms with Crippen molar-refractivity contribution in [1.29, 1.82) is 0 Å². The maximum absolute atomic E-state index is 11.9. The molecule has 3 rings (SSSR count). The minimum Gasteiger partial charge on any atom is -0.618 e. The first-order valence-electron chi connectivity index (χ1n) is 6.06. The van der Waals surface area contributed by atoms with Crippen LogP contribution >= 0.6 is 0 Å². The minimum absolute atomic E-state index is 0.464. The zero-order valence-electron chi connectivity index (χ0n) is 10.6. The molecule has 2 aromatic heterocycles. The van der Waals surface area contributed by atoms with Crippen LogP contribution in [0, 0.1) is 5.21 Å². The summed E-state index contributed by atoms with van der Waals surface area (Å²) in [5, 5.41) is 13.0. The van der Waals surface area contributed by atoms with Crippen LogP contribution in [0.1, 0.15) is 0 Å². The molecule has 19 heavy (non-hydrogen) atoms. The Morgan fingerprint density at radius 2 is 1.95 bits per heavy atom. The van der Waals surface area contributed by atoms with Gasteiger partial charge in [-0.1, -0.05) is 18.2 Å². The van der Waals surface area contributed by atoms with E-state index in [2.05, 4.69) is 0 Å². The first-order valence-corrected chi connectivity index (χ1v) is 6.06. The van der Waals surface area contributed by atoms with Gasteiger partial charge in [0.05, 0.1) is 11.1 Å². The van der Waals surface area contributed by atoms with Crippen molar-refractivity contribution < 1.29 is 9.47 Å². The monoisotopic (exact) mass is 254 g/mol. The van der Waals surface area contributed by atoms with E-state index in [9.17, 15) is 5.21 Å². The average molecular weight is 254 g/mol. The molecular weight excluding hydrogens is 240 g/mol. The lowest BCUT2D eigenvalue weighted by atomic mass is 10.1. The van der Waals surface area contributed by atoms with Crippen LogP contribution < -0.4 is 4.73 Å². The molecule has 0 aliphatic carbocycles. The molecule has 1 aromatic carbocycles. The topological polar surface area (TPSA) is 41.1 Å². The van der Waals surface area contributed by atoms with Crippen LogP contribution in [0.2, 0.25) is 0 Å². The standard InChI is InChI=1S/C15H14N2O2/c1-19-11-16-10-13(12-6-2-3-7-14(12)16)15-8-4-5-9-17(15)18/h2-10H,11H2,1H3. The third kappa shape index (κ3) is 1.96. The lowest BCUT2D eigenvalue weighted by molar-refractivity contribution is -0.593. The van der Waals surface area contributed by atoms with Gasteiger partial charge in [-0.05, 0) is 12.1 Å². The van der Waals surface area contributed by atoms with E-state index < -0.39 is 0 Å². The third-order valence-corrected chi connectivity index (χ3v) is 3.16. The van der Waals surface area contributed by atoms with Crippen LogP contribution in [0.3, 0.4) is 0 Å². The summed E-state index contributed by atoms with van der Waals surface area (Å²) in [6.07, 6.45) is 3.47. The van der Waals surface area contributed by atoms with Gasteiger partial charge in [0.15, 0.2) is 6.20 Å². The summed E-state index contributed by atoms with van der Waals surface area (Å²) in [6, 6.07) is 13.4. The molecule has 0 saturated carbocycles. The number of nitrogens with zero attached hydrogens (tertiary/aromatic N) is 2. The summed E-state index contributed by atoms with van der Waals surface area (Å²) in [5.41, 5.74) is 2.63. The van der Waals surface area contributed by atoms with Crippen molar-refractivity contribution in [3.8, 4) is 11.3 Å². The van der Waals surface area contributed by atoms with E-state index >= 15 is 0 Å². The Bertz CT molecular complexity index is 719. The number of hydrogen-bond donors (Lipinski definition) is 0. The smallest absolute Gasteiger partial charge is 0.225 e. The molecule has 2 heterocycles. The SMILES string of the molecule is COCn1cc(-c2cccc[n+]2[O-])c2ccccc21. The van der Waals surface area contributed by atoms with Crippen molar-refractivity contribution in [3.63, 3.8) is 0 Å². The van der Waals surface area contributed by atoms with Crippen molar-refractivity contribution >= 4 is 10.9 Å². The van der Waals surface area contributed by atoms with Crippen LogP contribution in [0.15, 0.2) is 54.9 Å². The Kier molecular flexibility index (Phi) is 2.93. The zero-order chi connectivity index (χ0) is 13.2. The van der Waals surface area contributed by atoms with Gasteiger partial charge < -0.3 is 14.5 Å². The van der Waals surface area contributed by atoms with E-state index in [0.29, 0.717) is 12.4 Å². The molecule has 3 aromatic rings. The lowest BCUT2D eigenvalue weighted by Crippen LogP contribution is -2.27. The average Bonchev–Trinajstić information content (AvgIpc) is 2.79. The van der Waals surface area contributed by atoms with E-state index in [1.807, 2.05) is 47.2 Å². The van der Waals surface area contributed by atoms with Gasteiger partial charge in [-0.25, -0.2) is 0 Å². The van der Waals surface area contributed by atoms with E-state index in [1.54, 1.807) is 13.2 Å². The maximum Gasteiger partial charge on any atom is 0.225 e. The molecule has 0 aliphatic rings. The molecule has 0 N–H and O–H groups in total. The van der Waals surface area contributed by atoms with Gasteiger partial charge >= 0.3 is 0 Å². The summed E-state index contributed by atoms with van der Waals surface area (Å²) in [4.78, 5) is 0. The van der Waals surface area contributed by atoms with E-state index in [1.165, 1.54) is 6.20 Å². The van der Waals surface area contributed by atoms with Crippen LogP contribution in [-0.2, 0) is 11.5 Å². The Morgan fingerprint density at radius 1 is 1.16 bits per heavy atom. The van der Waals surface area contributed by atoms with Gasteiger partial charge in [0, 0.05) is 30.8 Å². The lowest BCUT2D eigenvalue weighted by Gasteiger charge is -2.02. The second-order valence-electron chi connectivity index (χ2n) is 4.36. The molecule has 96 valence electrons. The second-order valence-corrected chi connectivity index (χ2v) is 4.36. The summed E-state index contributed by atoms with van der Waals surface area (Å²) in [7, 11) is 1.66. The quantitative estimate of drug-likeness (QED) is 0.532. The summed E-state index contributed by atoms with van der Waals surface area (Å²) in [6.45, 7) is 0.464. The van der Waals surface area contributed by atoms with E-state index in [4.69, 9.17) is 4.74 Å². The van der Waals surface area contributed by atoms with Crippen molar-refractivity contribution in [2.45, 2.75) is 6.73 Å². The number of methoxy groups -OCH3 is 1. The van der Waals surface area contributed by atoms with Gasteiger partial charge in [0.25, 0.3) is 0 Å². The van der Waals surface area contributed by atoms with Crippen molar-refractivity contribution in [2.24, 2.45) is 0 Å². The molecule has 0 saturated heterocycles. The summed E-state index contributed by atoms with van der Waals surface area (Å²) in [5.74, 6) is 0. The fraction of sp³-hybridized carbons (Fsp3) is 0.133. The predicted molar refractivity (Wildman–Crippen MR) is 73.3 cm³/mol. The molecule has 0 spiro atoms. The fourth-order valence-electron chi connectivity index (χ4n) is 2.33. The van der Waals surface area contributed by atoms with Crippen LogP contribution in [-0.4, -0.2) is 11.7 Å². The first-order chi connectivity index (χ1) is 9.31. The number of fused-ring (bicyclic) bond motifs is 1. The third-order valence-electron chi connectivity index (χ3n) is 3.16. The number of ether oxygens (including phenoxy) is 1. The summed E-state index contributed by atoms with van der Waals surface area (Å²) >= 11 is 0. The molecule has 0 aliphatic heterocycles. The van der Waals surface area contributed by atoms with Crippen molar-refractivity contribution in [3.05, 3.63) is 60.1 Å². The Balaban J connectivity index is 2.27. The molecule has 0 fully saturated rings. The number of hydrogen-bond acceptors (Lipinski definition) is 2. The van der Waals surface area contributed by atoms with E-state index in [-0.39, 0.29) is 0 Å². The van der Waals surface area contributed by atoms with Gasteiger partial charge in [-0.3, -0.25) is 0 Å². The van der Waals surface area contributed by atoms with Crippen LogP contribution in [0.4, 0.5) is 0 Å². The Morgan fingerprint density at radius 3 is 2.74 bits per heavy atom. The molecule has 0 unspecified atom stereocenters. The number of benzene rings is 1. The Labute approximate surface area is 111 Å². The van der Waals surface area contributed by atoms with E-state index in [0.717, 1.165) is 21.2 Å². The molecule has 0 atom stereocenters. The zero-order valence-corrected chi connectivity index (χ0v) is 10.6. The number of rotatable bonds is 3. The highest BCUT2D eigenvalue weighted by atomic mass is 16.5. The van der Waals surface area contributed by atoms with Gasteiger partial charge in [0.2, 0.25) is 5.69 Å². The first kappa shape index (κ1) is 11.7. The highest BCUT2D eigenvalue weighted by Gasteiger charge is 2.15. The molecule has 4 nitrogen and oxygen atoms in total. The van der Waals surface area contributed by atoms with Gasteiger partial charge in [-0.2, -0.15) is 4.73 Å². The summed E-state index contributed by atoms with van der Waals surface area (Å²) < 4.78 is 8.08. The van der Waals surface area contributed by atoms with Crippen LogP contribution in [0.25, 0.3) is 22.2 Å². The minimum atomic E-state index is 0.464. The Hall–Kier alpha value is -2.33. The molecule has 0 bridgehead atoms. The number of pyridine rings is 1. The van der Waals surface area contributed by atoms with Gasteiger partial charge in [-0.15, -0.1) is 0 Å². The molecule has 4 heteroatoms. The highest BCUT2D eigenvalue weighted by Crippen LogP contribution is 2.28. The highest BCUT2D eigenvalue weighted by molar-refractivity contribution is 5.94.